The van der Waals surface area contributed by atoms with E-state index in [1.54, 1.807) is 0 Å². The molecule has 1 unspecified atom stereocenters. The molecule has 0 aromatic heterocycles. The highest BCUT2D eigenvalue weighted by molar-refractivity contribution is 5.00. The van der Waals surface area contributed by atoms with Crippen LogP contribution in [0.1, 0.15) is 25.7 Å². The van der Waals surface area contributed by atoms with Gasteiger partial charge in [-0.1, -0.05) is 12.8 Å². The number of hydrogen-bond acceptors (Lipinski definition) is 4. The van der Waals surface area contributed by atoms with Gasteiger partial charge in [0.25, 0.3) is 0 Å². The van der Waals surface area contributed by atoms with Crippen LogP contribution in [0.15, 0.2) is 0 Å². The molecule has 1 atom stereocenters. The molecule has 1 rings (SSSR count). The summed E-state index contributed by atoms with van der Waals surface area (Å²) in [7, 11) is 0. The summed E-state index contributed by atoms with van der Waals surface area (Å²) in [6.07, 6.45) is 2.73. The fourth-order valence-corrected chi connectivity index (χ4v) is 2.13. The van der Waals surface area contributed by atoms with Gasteiger partial charge < -0.3 is 20.4 Å². The quantitative estimate of drug-likeness (QED) is 0.472. The van der Waals surface area contributed by atoms with Crippen molar-refractivity contribution in [1.82, 2.24) is 0 Å². The van der Waals surface area contributed by atoms with Crippen LogP contribution < -0.4 is 0 Å². The minimum Gasteiger partial charge on any atom is -0.396 e. The average Bonchev–Trinajstić information content (AvgIpc) is 2.19. The number of aliphatic hydroxyl groups excluding tert-OH is 3. The lowest BCUT2D eigenvalue weighted by Gasteiger charge is -2.47. The van der Waals surface area contributed by atoms with E-state index >= 15 is 0 Å². The van der Waals surface area contributed by atoms with E-state index in [1.807, 2.05) is 0 Å². The number of rotatable bonds is 3. The number of hydrogen-bond donors (Lipinski definition) is 4. The molecule has 0 aromatic rings. The first-order valence-corrected chi connectivity index (χ1v) is 4.69. The Morgan fingerprint density at radius 3 is 1.77 bits per heavy atom. The molecule has 13 heavy (non-hydrogen) atoms. The fraction of sp³-hybridized carbons (Fsp3) is 1.00. The van der Waals surface area contributed by atoms with Gasteiger partial charge >= 0.3 is 0 Å². The van der Waals surface area contributed by atoms with Gasteiger partial charge in [-0.05, 0) is 12.8 Å². The minimum atomic E-state index is -1.31. The van der Waals surface area contributed by atoms with Crippen LogP contribution in [0, 0.1) is 5.41 Å². The minimum absolute atomic E-state index is 0.277. The van der Waals surface area contributed by atoms with E-state index < -0.39 is 17.6 Å². The molecule has 4 nitrogen and oxygen atoms in total. The standard InChI is InChI=1S/C9H18O4/c10-5-8(6-11)3-1-2-4-9(8,13)7-12/h10-13H,1-7H2. The van der Waals surface area contributed by atoms with Crippen molar-refractivity contribution in [2.45, 2.75) is 31.3 Å². The molecular formula is C9H18O4. The van der Waals surface area contributed by atoms with Gasteiger partial charge in [0, 0.05) is 5.41 Å². The monoisotopic (exact) mass is 190 g/mol. The van der Waals surface area contributed by atoms with Crippen molar-refractivity contribution in [1.29, 1.82) is 0 Å². The van der Waals surface area contributed by atoms with E-state index in [-0.39, 0.29) is 13.2 Å². The third-order valence-electron chi connectivity index (χ3n) is 3.35. The van der Waals surface area contributed by atoms with Crippen molar-refractivity contribution in [3.8, 4) is 0 Å². The van der Waals surface area contributed by atoms with Crippen molar-refractivity contribution in [2.75, 3.05) is 19.8 Å². The summed E-state index contributed by atoms with van der Waals surface area (Å²) in [6.45, 7) is -0.949. The highest BCUT2D eigenvalue weighted by atomic mass is 16.3. The largest absolute Gasteiger partial charge is 0.396 e. The van der Waals surface area contributed by atoms with Crippen molar-refractivity contribution >= 4 is 0 Å². The van der Waals surface area contributed by atoms with E-state index in [2.05, 4.69) is 0 Å². The molecule has 0 aromatic carbocycles. The van der Waals surface area contributed by atoms with Gasteiger partial charge in [-0.2, -0.15) is 0 Å². The zero-order valence-electron chi connectivity index (χ0n) is 7.74. The molecule has 4 heteroatoms. The first kappa shape index (κ1) is 10.9. The molecule has 1 fully saturated rings. The lowest BCUT2D eigenvalue weighted by atomic mass is 9.64. The van der Waals surface area contributed by atoms with Crippen LogP contribution in [-0.4, -0.2) is 45.8 Å². The second-order valence-corrected chi connectivity index (χ2v) is 3.99. The van der Waals surface area contributed by atoms with Gasteiger partial charge in [-0.25, -0.2) is 0 Å². The molecule has 1 aliphatic rings. The topological polar surface area (TPSA) is 80.9 Å². The third kappa shape index (κ3) is 1.59. The Morgan fingerprint density at radius 1 is 0.846 bits per heavy atom. The summed E-state index contributed by atoms with van der Waals surface area (Å²) < 4.78 is 0. The zero-order chi connectivity index (χ0) is 9.95. The number of aliphatic hydroxyl groups is 4. The fourth-order valence-electron chi connectivity index (χ4n) is 2.13. The maximum atomic E-state index is 10.0. The van der Waals surface area contributed by atoms with Gasteiger partial charge in [-0.15, -0.1) is 0 Å². The summed E-state index contributed by atoms with van der Waals surface area (Å²) >= 11 is 0. The predicted octanol–water partition coefficient (Wildman–Crippen LogP) is -0.745. The third-order valence-corrected chi connectivity index (χ3v) is 3.35. The highest BCUT2D eigenvalue weighted by Crippen LogP contribution is 2.43. The van der Waals surface area contributed by atoms with Gasteiger partial charge in [0.1, 0.15) is 0 Å². The molecule has 0 saturated heterocycles. The van der Waals surface area contributed by atoms with Crippen LogP contribution in [0.4, 0.5) is 0 Å². The summed E-state index contributed by atoms with van der Waals surface area (Å²) in [4.78, 5) is 0. The summed E-state index contributed by atoms with van der Waals surface area (Å²) in [5.41, 5.74) is -2.23. The van der Waals surface area contributed by atoms with Crippen molar-refractivity contribution in [2.24, 2.45) is 5.41 Å². The molecule has 0 heterocycles. The highest BCUT2D eigenvalue weighted by Gasteiger charge is 2.50. The van der Waals surface area contributed by atoms with Crippen LogP contribution in [0.3, 0.4) is 0 Å². The lowest BCUT2D eigenvalue weighted by molar-refractivity contribution is -0.176. The molecule has 0 amide bonds. The SMILES string of the molecule is OCC1(O)CCCCC1(CO)CO. The molecule has 1 saturated carbocycles. The van der Waals surface area contributed by atoms with Crippen molar-refractivity contribution < 1.29 is 20.4 Å². The molecule has 0 radical (unpaired) electrons. The zero-order valence-corrected chi connectivity index (χ0v) is 7.74. The van der Waals surface area contributed by atoms with Crippen LogP contribution >= 0.6 is 0 Å². The van der Waals surface area contributed by atoms with Crippen LogP contribution in [-0.2, 0) is 0 Å². The van der Waals surface area contributed by atoms with Gasteiger partial charge in [0.05, 0.1) is 25.4 Å². The second-order valence-electron chi connectivity index (χ2n) is 3.99. The van der Waals surface area contributed by atoms with E-state index in [0.29, 0.717) is 12.8 Å². The molecule has 4 N–H and O–H groups in total. The molecule has 0 spiro atoms. The maximum absolute atomic E-state index is 10.0. The van der Waals surface area contributed by atoms with Gasteiger partial charge in [0.15, 0.2) is 0 Å². The lowest BCUT2D eigenvalue weighted by Crippen LogP contribution is -2.57. The predicted molar refractivity (Wildman–Crippen MR) is 47.1 cm³/mol. The van der Waals surface area contributed by atoms with Crippen LogP contribution in [0.2, 0.25) is 0 Å². The van der Waals surface area contributed by atoms with E-state index in [1.165, 1.54) is 0 Å². The molecule has 0 aliphatic heterocycles. The van der Waals surface area contributed by atoms with Crippen molar-refractivity contribution in [3.05, 3.63) is 0 Å². The van der Waals surface area contributed by atoms with E-state index in [4.69, 9.17) is 5.11 Å². The Bertz CT molecular complexity index is 167. The molecule has 0 bridgehead atoms. The smallest absolute Gasteiger partial charge is 0.0977 e. The summed E-state index contributed by atoms with van der Waals surface area (Å²) in [5.74, 6) is 0. The first-order valence-electron chi connectivity index (χ1n) is 4.69. The molecule has 1 aliphatic carbocycles. The van der Waals surface area contributed by atoms with E-state index in [0.717, 1.165) is 12.8 Å². The average molecular weight is 190 g/mol. The Kier molecular flexibility index (Phi) is 3.29. The summed E-state index contributed by atoms with van der Waals surface area (Å²) in [6, 6.07) is 0. The Morgan fingerprint density at radius 2 is 1.38 bits per heavy atom. The van der Waals surface area contributed by atoms with Gasteiger partial charge in [-0.3, -0.25) is 0 Å². The first-order chi connectivity index (χ1) is 6.14. The Balaban J connectivity index is 2.87. The van der Waals surface area contributed by atoms with E-state index in [9.17, 15) is 15.3 Å². The van der Waals surface area contributed by atoms with Gasteiger partial charge in [0.2, 0.25) is 0 Å². The second kappa shape index (κ2) is 3.92. The maximum Gasteiger partial charge on any atom is 0.0977 e. The normalized spacial score (nSPS) is 33.2. The van der Waals surface area contributed by atoms with Crippen molar-refractivity contribution in [3.63, 3.8) is 0 Å². The van der Waals surface area contributed by atoms with Crippen LogP contribution in [0.5, 0.6) is 0 Å². The Labute approximate surface area is 77.8 Å². The van der Waals surface area contributed by atoms with Crippen LogP contribution in [0.25, 0.3) is 0 Å². The Hall–Kier alpha value is -0.160. The molecule has 78 valence electrons. The summed E-state index contributed by atoms with van der Waals surface area (Å²) in [5, 5.41) is 37.5. The molecular weight excluding hydrogens is 172 g/mol.